The Morgan fingerprint density at radius 3 is 1.77 bits per heavy atom. The number of aromatic nitrogens is 3. The molecule has 2 saturated heterocycles. The zero-order chi connectivity index (χ0) is 30.7. The monoisotopic (exact) mass is 595 g/mol. The second-order valence-electron chi connectivity index (χ2n) is 11.1. The molecule has 228 valence electrons. The number of amides is 1. The maximum absolute atomic E-state index is 13.4. The largest absolute Gasteiger partial charge is 0.338 e. The number of piperidine rings is 2. The van der Waals surface area contributed by atoms with Gasteiger partial charge in [-0.15, -0.1) is 0 Å². The quantitative estimate of drug-likeness (QED) is 0.158. The number of hydrogen-bond donors (Lipinski definition) is 6. The van der Waals surface area contributed by atoms with E-state index in [9.17, 15) is 18.4 Å². The van der Waals surface area contributed by atoms with Gasteiger partial charge in [-0.25, -0.2) is 8.78 Å². The van der Waals surface area contributed by atoms with Crippen LogP contribution in [0.3, 0.4) is 0 Å². The van der Waals surface area contributed by atoms with Gasteiger partial charge in [-0.05, 0) is 49.2 Å². The van der Waals surface area contributed by atoms with Gasteiger partial charge in [0.15, 0.2) is 17.4 Å². The number of Topliss-reactive ketones (excluding diaryl/α,β-unsaturated/α-hetero) is 1. The zero-order valence-electron chi connectivity index (χ0n) is 23.4. The number of rotatable bonds is 8. The highest BCUT2D eigenvalue weighted by molar-refractivity contribution is 6.11. The molecule has 0 spiro atoms. The first-order valence-electron chi connectivity index (χ1n) is 14.0. The maximum Gasteiger partial charge on any atom is 0.233 e. The maximum atomic E-state index is 13.4. The van der Waals surface area contributed by atoms with Crippen LogP contribution in [0.15, 0.2) is 42.5 Å². The molecule has 0 saturated carbocycles. The minimum atomic E-state index is -1.10. The Morgan fingerprint density at radius 1 is 0.744 bits per heavy atom. The van der Waals surface area contributed by atoms with Gasteiger partial charge in [0.1, 0.15) is 0 Å². The molecule has 2 aliphatic rings. The van der Waals surface area contributed by atoms with Gasteiger partial charge in [0, 0.05) is 73.4 Å². The Kier molecular flexibility index (Phi) is 9.05. The molecule has 5 rings (SSSR count). The number of carbonyl (C=O) groups is 2. The van der Waals surface area contributed by atoms with E-state index in [0.29, 0.717) is 56.6 Å². The van der Waals surface area contributed by atoms with Crippen LogP contribution < -0.4 is 43.4 Å². The molecule has 2 aliphatic heterocycles. The lowest BCUT2D eigenvalue weighted by atomic mass is 10.0. The molecule has 3 heterocycles. The Balaban J connectivity index is 1.30. The van der Waals surface area contributed by atoms with Crippen LogP contribution in [0.1, 0.15) is 29.6 Å². The topological polar surface area (TPSA) is 207 Å². The number of benzene rings is 2. The average molecular weight is 596 g/mol. The molecule has 2 fully saturated rings. The predicted octanol–water partition coefficient (Wildman–Crippen LogP) is 0.834. The van der Waals surface area contributed by atoms with Crippen LogP contribution in [0, 0.1) is 11.6 Å². The second-order valence-corrected chi connectivity index (χ2v) is 11.1. The van der Waals surface area contributed by atoms with Gasteiger partial charge < -0.3 is 43.4 Å². The van der Waals surface area contributed by atoms with Gasteiger partial charge in [-0.2, -0.15) is 15.0 Å². The van der Waals surface area contributed by atoms with Crippen molar-refractivity contribution in [1.82, 2.24) is 15.0 Å². The van der Waals surface area contributed by atoms with Gasteiger partial charge in [-0.3, -0.25) is 9.59 Å². The summed E-state index contributed by atoms with van der Waals surface area (Å²) in [4.78, 5) is 42.8. The highest BCUT2D eigenvalue weighted by atomic mass is 19.2. The molecule has 0 aliphatic carbocycles. The van der Waals surface area contributed by atoms with Crippen molar-refractivity contribution in [1.29, 1.82) is 0 Å². The minimum absolute atomic E-state index is 0.0503. The lowest BCUT2D eigenvalue weighted by molar-refractivity contribution is -0.115. The van der Waals surface area contributed by atoms with E-state index in [-0.39, 0.29) is 41.4 Å². The van der Waals surface area contributed by atoms with Gasteiger partial charge in [0.2, 0.25) is 23.8 Å². The fourth-order valence-corrected chi connectivity index (χ4v) is 5.27. The number of halogens is 2. The Labute approximate surface area is 247 Å². The zero-order valence-corrected chi connectivity index (χ0v) is 23.4. The summed E-state index contributed by atoms with van der Waals surface area (Å²) < 4.78 is 26.5. The molecule has 1 amide bonds. The third-order valence-electron chi connectivity index (χ3n) is 7.20. The summed E-state index contributed by atoms with van der Waals surface area (Å²) in [5.41, 5.74) is 25.8. The summed E-state index contributed by atoms with van der Waals surface area (Å²) in [6.45, 7) is 2.15. The molecule has 2 aromatic carbocycles. The van der Waals surface area contributed by atoms with Crippen molar-refractivity contribution in [2.24, 2.45) is 22.9 Å². The van der Waals surface area contributed by atoms with Gasteiger partial charge >= 0.3 is 0 Å². The van der Waals surface area contributed by atoms with Crippen molar-refractivity contribution in [3.8, 4) is 0 Å². The molecule has 43 heavy (non-hydrogen) atoms. The van der Waals surface area contributed by atoms with Crippen LogP contribution in [0.25, 0.3) is 0 Å². The van der Waals surface area contributed by atoms with Crippen LogP contribution in [0.4, 0.5) is 38.0 Å². The van der Waals surface area contributed by atoms with Gasteiger partial charge in [0.25, 0.3) is 0 Å². The third kappa shape index (κ3) is 7.75. The lowest BCUT2D eigenvalue weighted by Gasteiger charge is -2.37. The first-order chi connectivity index (χ1) is 20.5. The molecule has 0 bridgehead atoms. The number of hydrogen-bond acceptors (Lipinski definition) is 12. The fraction of sp³-hybridized carbons (Fsp3) is 0.393. The highest BCUT2D eigenvalue weighted by Crippen LogP contribution is 2.24. The molecule has 10 N–H and O–H groups in total. The smallest absolute Gasteiger partial charge is 0.233 e. The van der Waals surface area contributed by atoms with E-state index in [1.165, 1.54) is 6.07 Å². The summed E-state index contributed by atoms with van der Waals surface area (Å²) in [7, 11) is 0. The van der Waals surface area contributed by atoms with Gasteiger partial charge in [0.05, 0.1) is 6.42 Å². The third-order valence-corrected chi connectivity index (χ3v) is 7.20. The highest BCUT2D eigenvalue weighted by Gasteiger charge is 2.29. The molecule has 0 radical (unpaired) electrons. The van der Waals surface area contributed by atoms with E-state index < -0.39 is 29.7 Å². The predicted molar refractivity (Wildman–Crippen MR) is 159 cm³/mol. The summed E-state index contributed by atoms with van der Waals surface area (Å²) in [5, 5.41) is 5.55. The Bertz CT molecular complexity index is 1410. The molecular formula is C28H35F2N11O2. The Morgan fingerprint density at radius 2 is 1.26 bits per heavy atom. The van der Waals surface area contributed by atoms with Gasteiger partial charge in [-0.1, -0.05) is 0 Å². The molecule has 13 nitrogen and oxygen atoms in total. The van der Waals surface area contributed by atoms with E-state index >= 15 is 0 Å². The SMILES string of the molecule is N[C@@H]1C[C@H](N)CN(c2nc(Nc3ccc(C(=O)CC(=O)Nc4ccc(F)c(F)c4)cc3)nc(N3C[C@H](N)C[C@H](N)C3)n2)C1. The van der Waals surface area contributed by atoms with Crippen LogP contribution in [0.5, 0.6) is 0 Å². The van der Waals surface area contributed by atoms with E-state index in [2.05, 4.69) is 20.6 Å². The van der Waals surface area contributed by atoms with Crippen molar-refractivity contribution in [2.45, 2.75) is 43.4 Å². The van der Waals surface area contributed by atoms with E-state index in [0.717, 1.165) is 12.1 Å². The number of nitrogens with one attached hydrogen (secondary N) is 2. The summed E-state index contributed by atoms with van der Waals surface area (Å²) >= 11 is 0. The number of ketones is 1. The number of carbonyl (C=O) groups excluding carboxylic acids is 2. The molecule has 4 atom stereocenters. The number of nitrogens with zero attached hydrogens (tertiary/aromatic N) is 5. The van der Waals surface area contributed by atoms with Crippen molar-refractivity contribution in [3.63, 3.8) is 0 Å². The molecule has 15 heteroatoms. The molecular weight excluding hydrogens is 560 g/mol. The normalized spacial score (nSPS) is 22.3. The van der Waals surface area contributed by atoms with E-state index in [1.54, 1.807) is 24.3 Å². The Hall–Kier alpha value is -4.31. The fourth-order valence-electron chi connectivity index (χ4n) is 5.27. The summed E-state index contributed by atoms with van der Waals surface area (Å²) in [5.74, 6) is -2.13. The second kappa shape index (κ2) is 12.9. The van der Waals surface area contributed by atoms with E-state index in [4.69, 9.17) is 27.9 Å². The standard InChI is InChI=1S/C28H35F2N11O2/c29-22-6-5-21(9-23(22)30)35-25(43)10-24(42)15-1-3-20(4-2-15)36-26-37-27(40-11-16(31)7-17(32)12-40)39-28(38-26)41-13-18(33)8-19(34)14-41/h1-6,9,16-19H,7-8,10-14,31-34H2,(H,35,43)(H,36,37,38,39)/t16-,17+,18-,19+. The summed E-state index contributed by atoms with van der Waals surface area (Å²) in [6.07, 6.45) is 0.923. The van der Waals surface area contributed by atoms with E-state index in [1.807, 2.05) is 9.80 Å². The molecule has 0 unspecified atom stereocenters. The summed E-state index contributed by atoms with van der Waals surface area (Å²) in [6, 6.07) is 8.88. The molecule has 1 aromatic heterocycles. The molecule has 3 aromatic rings. The van der Waals surface area contributed by atoms with Crippen molar-refractivity contribution in [2.75, 3.05) is 46.6 Å². The minimum Gasteiger partial charge on any atom is -0.338 e. The number of nitrogens with two attached hydrogens (primary N) is 4. The van der Waals surface area contributed by atoms with Crippen molar-refractivity contribution < 1.29 is 18.4 Å². The number of anilines is 5. The van der Waals surface area contributed by atoms with Crippen molar-refractivity contribution in [3.05, 3.63) is 59.7 Å². The first kappa shape index (κ1) is 30.2. The van der Waals surface area contributed by atoms with Crippen LogP contribution in [0.2, 0.25) is 0 Å². The van der Waals surface area contributed by atoms with Crippen LogP contribution in [-0.2, 0) is 4.79 Å². The van der Waals surface area contributed by atoms with Crippen LogP contribution >= 0.6 is 0 Å². The lowest BCUT2D eigenvalue weighted by Crippen LogP contribution is -2.54. The van der Waals surface area contributed by atoms with Crippen LogP contribution in [-0.4, -0.2) is 77.0 Å². The van der Waals surface area contributed by atoms with Crippen molar-refractivity contribution >= 4 is 40.9 Å². The average Bonchev–Trinajstić information content (AvgIpc) is 2.94. The first-order valence-corrected chi connectivity index (χ1v) is 14.0.